The fourth-order valence-electron chi connectivity index (χ4n) is 1.45. The van der Waals surface area contributed by atoms with Gasteiger partial charge in [-0.15, -0.1) is 0 Å². The summed E-state index contributed by atoms with van der Waals surface area (Å²) in [6, 6.07) is 0. The number of rotatable bonds is 3. The van der Waals surface area contributed by atoms with Gasteiger partial charge in [0.2, 0.25) is 0 Å². The van der Waals surface area contributed by atoms with Crippen molar-refractivity contribution in [3.8, 4) is 0 Å². The summed E-state index contributed by atoms with van der Waals surface area (Å²) in [4.78, 5) is 45.4. The maximum atomic E-state index is 11.8. The Balaban J connectivity index is 3.34. The third-order valence-electron chi connectivity index (χ3n) is 2.58. The van der Waals surface area contributed by atoms with E-state index in [9.17, 15) is 19.2 Å². The summed E-state index contributed by atoms with van der Waals surface area (Å²) in [6.07, 6.45) is 0. The average molecular weight is 255 g/mol. The molecule has 0 aliphatic heterocycles. The molecule has 0 saturated heterocycles. The van der Waals surface area contributed by atoms with Crippen LogP contribution in [-0.4, -0.2) is 32.7 Å². The van der Waals surface area contributed by atoms with Crippen molar-refractivity contribution in [1.82, 2.24) is 14.5 Å². The van der Waals surface area contributed by atoms with Gasteiger partial charge in [0.05, 0.1) is 0 Å². The number of aromatic nitrogens is 2. The summed E-state index contributed by atoms with van der Waals surface area (Å²) in [5.41, 5.74) is -1.35. The Kier molecular flexibility index (Phi) is 3.70. The van der Waals surface area contributed by atoms with Gasteiger partial charge in [-0.1, -0.05) is 0 Å². The number of aliphatic carboxylic acids is 1. The molecule has 0 radical (unpaired) electrons. The van der Waals surface area contributed by atoms with Crippen LogP contribution in [0, 0.1) is 6.92 Å². The number of carboxylic acid groups (broad SMARTS) is 1. The van der Waals surface area contributed by atoms with E-state index in [2.05, 4.69) is 5.32 Å². The molecule has 0 spiro atoms. The summed E-state index contributed by atoms with van der Waals surface area (Å²) < 4.78 is 1.94. The standard InChI is InChI=1S/C10H13N3O5/c1-5-7(8(16)11-4-6(14)15)9(17)13(3)10(18)12(5)2/h4H2,1-3H3,(H,11,16)(H,14,15). The summed E-state index contributed by atoms with van der Waals surface area (Å²) in [7, 11) is 2.67. The van der Waals surface area contributed by atoms with Crippen LogP contribution in [0.4, 0.5) is 0 Å². The summed E-state index contributed by atoms with van der Waals surface area (Å²) in [5.74, 6) is -2.03. The summed E-state index contributed by atoms with van der Waals surface area (Å²) in [6.45, 7) is 0.850. The second-order valence-electron chi connectivity index (χ2n) is 3.74. The molecule has 0 fully saturated rings. The molecule has 0 bridgehead atoms. The molecule has 0 aromatic carbocycles. The number of hydrogen-bond donors (Lipinski definition) is 2. The maximum Gasteiger partial charge on any atom is 0.330 e. The lowest BCUT2D eigenvalue weighted by atomic mass is 10.2. The molecule has 98 valence electrons. The number of carbonyl (C=O) groups excluding carboxylic acids is 1. The van der Waals surface area contributed by atoms with Crippen LogP contribution in [0.15, 0.2) is 9.59 Å². The lowest BCUT2D eigenvalue weighted by molar-refractivity contribution is -0.135. The molecule has 1 aromatic rings. The van der Waals surface area contributed by atoms with Crippen LogP contribution in [0.1, 0.15) is 16.1 Å². The summed E-state index contributed by atoms with van der Waals surface area (Å²) >= 11 is 0. The van der Waals surface area contributed by atoms with Gasteiger partial charge in [0, 0.05) is 19.8 Å². The number of carboxylic acids is 1. The van der Waals surface area contributed by atoms with Gasteiger partial charge < -0.3 is 15.0 Å². The van der Waals surface area contributed by atoms with E-state index < -0.39 is 29.7 Å². The highest BCUT2D eigenvalue weighted by Crippen LogP contribution is 1.98. The van der Waals surface area contributed by atoms with Gasteiger partial charge in [0.25, 0.3) is 11.5 Å². The van der Waals surface area contributed by atoms with Crippen molar-refractivity contribution in [3.63, 3.8) is 0 Å². The predicted octanol–water partition coefficient (Wildman–Crippen LogP) is -1.79. The Morgan fingerprint density at radius 2 is 1.78 bits per heavy atom. The highest BCUT2D eigenvalue weighted by molar-refractivity contribution is 5.96. The zero-order valence-corrected chi connectivity index (χ0v) is 10.2. The third kappa shape index (κ3) is 2.31. The van der Waals surface area contributed by atoms with E-state index in [1.54, 1.807) is 0 Å². The van der Waals surface area contributed by atoms with Crippen LogP contribution in [-0.2, 0) is 18.9 Å². The number of carbonyl (C=O) groups is 2. The Morgan fingerprint density at radius 3 is 2.28 bits per heavy atom. The minimum Gasteiger partial charge on any atom is -0.480 e. The van der Waals surface area contributed by atoms with Crippen molar-refractivity contribution < 1.29 is 14.7 Å². The lowest BCUT2D eigenvalue weighted by Crippen LogP contribution is -2.44. The predicted molar refractivity (Wildman–Crippen MR) is 61.6 cm³/mol. The lowest BCUT2D eigenvalue weighted by Gasteiger charge is -2.11. The highest BCUT2D eigenvalue weighted by atomic mass is 16.4. The van der Waals surface area contributed by atoms with Crippen LogP contribution >= 0.6 is 0 Å². The van der Waals surface area contributed by atoms with E-state index in [0.717, 1.165) is 9.13 Å². The fraction of sp³-hybridized carbons (Fsp3) is 0.400. The molecule has 1 heterocycles. The molecule has 2 N–H and O–H groups in total. The first-order chi connectivity index (χ1) is 8.27. The number of amides is 1. The molecule has 1 rings (SSSR count). The van der Waals surface area contributed by atoms with E-state index in [1.807, 2.05) is 0 Å². The molecule has 0 saturated carbocycles. The smallest absolute Gasteiger partial charge is 0.330 e. The zero-order valence-electron chi connectivity index (χ0n) is 10.2. The van der Waals surface area contributed by atoms with Crippen LogP contribution in [0.3, 0.4) is 0 Å². The van der Waals surface area contributed by atoms with Crippen molar-refractivity contribution >= 4 is 11.9 Å². The van der Waals surface area contributed by atoms with E-state index in [0.29, 0.717) is 0 Å². The van der Waals surface area contributed by atoms with Crippen molar-refractivity contribution in [2.75, 3.05) is 6.54 Å². The number of nitrogens with zero attached hydrogens (tertiary/aromatic N) is 2. The Morgan fingerprint density at radius 1 is 1.22 bits per heavy atom. The highest BCUT2D eigenvalue weighted by Gasteiger charge is 2.19. The van der Waals surface area contributed by atoms with Crippen molar-refractivity contribution in [3.05, 3.63) is 32.1 Å². The van der Waals surface area contributed by atoms with Crippen LogP contribution in [0.25, 0.3) is 0 Å². The maximum absolute atomic E-state index is 11.8. The second kappa shape index (κ2) is 4.86. The Hall–Kier alpha value is -2.38. The largest absolute Gasteiger partial charge is 0.480 e. The first kappa shape index (κ1) is 13.7. The Bertz CT molecular complexity index is 626. The molecular weight excluding hydrogens is 242 g/mol. The topological polar surface area (TPSA) is 110 Å². The van der Waals surface area contributed by atoms with E-state index >= 15 is 0 Å². The number of hydrogen-bond acceptors (Lipinski definition) is 4. The zero-order chi connectivity index (χ0) is 14.0. The molecule has 8 nitrogen and oxygen atoms in total. The average Bonchev–Trinajstić information content (AvgIpc) is 2.31. The first-order valence-electron chi connectivity index (χ1n) is 5.04. The second-order valence-corrected chi connectivity index (χ2v) is 3.74. The van der Waals surface area contributed by atoms with E-state index in [4.69, 9.17) is 5.11 Å². The molecule has 1 aromatic heterocycles. The number of nitrogens with one attached hydrogen (secondary N) is 1. The summed E-state index contributed by atoms with van der Waals surface area (Å²) in [5, 5.41) is 10.5. The van der Waals surface area contributed by atoms with Gasteiger partial charge in [-0.05, 0) is 6.92 Å². The monoisotopic (exact) mass is 255 g/mol. The van der Waals surface area contributed by atoms with Gasteiger partial charge in [0.1, 0.15) is 12.1 Å². The molecule has 1 amide bonds. The SMILES string of the molecule is Cc1c(C(=O)NCC(=O)O)c(=O)n(C)c(=O)n1C. The van der Waals surface area contributed by atoms with Crippen LogP contribution in [0.2, 0.25) is 0 Å². The first-order valence-corrected chi connectivity index (χ1v) is 5.04. The van der Waals surface area contributed by atoms with Crippen molar-refractivity contribution in [1.29, 1.82) is 0 Å². The van der Waals surface area contributed by atoms with Gasteiger partial charge >= 0.3 is 11.7 Å². The molecule has 0 atom stereocenters. The molecular formula is C10H13N3O5. The van der Waals surface area contributed by atoms with Gasteiger partial charge in [-0.3, -0.25) is 19.0 Å². The fourth-order valence-corrected chi connectivity index (χ4v) is 1.45. The van der Waals surface area contributed by atoms with Crippen LogP contribution in [0.5, 0.6) is 0 Å². The Labute approximate surface area is 101 Å². The molecule has 18 heavy (non-hydrogen) atoms. The van der Waals surface area contributed by atoms with Gasteiger partial charge in [-0.2, -0.15) is 0 Å². The molecule has 0 aliphatic rings. The van der Waals surface area contributed by atoms with Gasteiger partial charge in [-0.25, -0.2) is 4.79 Å². The molecule has 8 heteroatoms. The normalized spacial score (nSPS) is 10.2. The quantitative estimate of drug-likeness (QED) is 0.662. The molecule has 0 aliphatic carbocycles. The van der Waals surface area contributed by atoms with E-state index in [-0.39, 0.29) is 11.3 Å². The third-order valence-corrected chi connectivity index (χ3v) is 2.58. The van der Waals surface area contributed by atoms with E-state index in [1.165, 1.54) is 21.0 Å². The van der Waals surface area contributed by atoms with Crippen LogP contribution < -0.4 is 16.6 Å². The molecule has 0 unspecified atom stereocenters. The van der Waals surface area contributed by atoms with Crippen molar-refractivity contribution in [2.24, 2.45) is 14.1 Å². The minimum absolute atomic E-state index is 0.186. The minimum atomic E-state index is -1.22. The van der Waals surface area contributed by atoms with Crippen molar-refractivity contribution in [2.45, 2.75) is 6.92 Å². The van der Waals surface area contributed by atoms with Gasteiger partial charge in [0.15, 0.2) is 0 Å².